The molecule has 3 rings (SSSR count). The third-order valence-electron chi connectivity index (χ3n) is 4.03. The van der Waals surface area contributed by atoms with Gasteiger partial charge < -0.3 is 15.1 Å². The molecule has 7 nitrogen and oxygen atoms in total. The minimum atomic E-state index is -3.82. The van der Waals surface area contributed by atoms with E-state index >= 15 is 0 Å². The smallest absolute Gasteiger partial charge is 0.309 e. The van der Waals surface area contributed by atoms with E-state index in [1.165, 1.54) is 41.9 Å². The molecule has 3 aromatic rings. The summed E-state index contributed by atoms with van der Waals surface area (Å²) in [6, 6.07) is 12.5. The third kappa shape index (κ3) is 5.26. The van der Waals surface area contributed by atoms with E-state index in [4.69, 9.17) is 16.0 Å². The molecule has 2 amide bonds. The van der Waals surface area contributed by atoms with Crippen LogP contribution in [0.4, 0.5) is 0 Å². The van der Waals surface area contributed by atoms with Crippen LogP contribution in [0.3, 0.4) is 0 Å². The van der Waals surface area contributed by atoms with Crippen molar-refractivity contribution in [2.75, 3.05) is 6.54 Å². The highest BCUT2D eigenvalue weighted by atomic mass is 35.5. The van der Waals surface area contributed by atoms with Gasteiger partial charge in [-0.2, -0.15) is 0 Å². The fourth-order valence-electron chi connectivity index (χ4n) is 2.55. The molecule has 10 heteroatoms. The van der Waals surface area contributed by atoms with Crippen LogP contribution in [0, 0.1) is 0 Å². The van der Waals surface area contributed by atoms with Crippen molar-refractivity contribution in [1.82, 2.24) is 10.6 Å². The molecule has 1 atom stereocenters. The van der Waals surface area contributed by atoms with Gasteiger partial charge in [-0.05, 0) is 47.8 Å². The van der Waals surface area contributed by atoms with E-state index in [1.54, 1.807) is 29.6 Å². The van der Waals surface area contributed by atoms with Crippen LogP contribution < -0.4 is 10.6 Å². The molecule has 2 N–H and O–H groups in total. The summed E-state index contributed by atoms with van der Waals surface area (Å²) >= 11 is 7.10. The van der Waals surface area contributed by atoms with Crippen molar-refractivity contribution in [3.05, 3.63) is 75.8 Å². The second-order valence-corrected chi connectivity index (χ2v) is 9.52. The maximum absolute atomic E-state index is 13.1. The summed E-state index contributed by atoms with van der Waals surface area (Å²) in [6.45, 7) is -0.199. The van der Waals surface area contributed by atoms with E-state index in [0.717, 1.165) is 0 Å². The van der Waals surface area contributed by atoms with Gasteiger partial charge in [0.1, 0.15) is 11.0 Å². The van der Waals surface area contributed by atoms with Crippen molar-refractivity contribution >= 4 is 44.6 Å². The monoisotopic (exact) mass is 452 g/mol. The Balaban J connectivity index is 1.70. The zero-order valence-corrected chi connectivity index (χ0v) is 17.4. The van der Waals surface area contributed by atoms with Gasteiger partial charge in [-0.3, -0.25) is 9.59 Å². The number of hydrogen-bond donors (Lipinski definition) is 2. The van der Waals surface area contributed by atoms with Crippen LogP contribution in [0.25, 0.3) is 0 Å². The maximum Gasteiger partial charge on any atom is 0.309 e. The first-order chi connectivity index (χ1) is 13.9. The molecule has 0 fully saturated rings. The van der Waals surface area contributed by atoms with Crippen molar-refractivity contribution in [2.45, 2.75) is 16.7 Å². The van der Waals surface area contributed by atoms with Gasteiger partial charge in [-0.1, -0.05) is 17.7 Å². The fraction of sp³-hybridized carbons (Fsp3) is 0.158. The van der Waals surface area contributed by atoms with E-state index in [0.29, 0.717) is 15.7 Å². The minimum Gasteiger partial charge on any atom is -0.467 e. The average molecular weight is 453 g/mol. The first-order valence-corrected chi connectivity index (χ1v) is 11.3. The Kier molecular flexibility index (Phi) is 6.73. The molecule has 0 spiro atoms. The van der Waals surface area contributed by atoms with Crippen LogP contribution in [-0.4, -0.2) is 26.8 Å². The topological polar surface area (TPSA) is 105 Å². The first-order valence-electron chi connectivity index (χ1n) is 8.49. The Hall–Kier alpha value is -2.62. The van der Waals surface area contributed by atoms with Gasteiger partial charge >= 0.3 is 11.8 Å². The van der Waals surface area contributed by atoms with Gasteiger partial charge in [0.05, 0.1) is 17.7 Å². The number of furan rings is 1. The van der Waals surface area contributed by atoms with Crippen molar-refractivity contribution in [1.29, 1.82) is 0 Å². The van der Waals surface area contributed by atoms with Crippen LogP contribution in [0.5, 0.6) is 0 Å². The first kappa shape index (κ1) is 21.1. The van der Waals surface area contributed by atoms with Crippen molar-refractivity contribution < 1.29 is 22.4 Å². The predicted octanol–water partition coefficient (Wildman–Crippen LogP) is 2.94. The Morgan fingerprint density at radius 1 is 1.03 bits per heavy atom. The van der Waals surface area contributed by atoms with E-state index in [-0.39, 0.29) is 18.0 Å². The molecular weight excluding hydrogens is 436 g/mol. The standard InChI is InChI=1S/C19H17ClN2O5S2/c20-13-5-7-15(8-6-13)29(25,26)17(16-4-2-10-28-16)12-22-19(24)18(23)21-11-14-3-1-9-27-14/h1-10,17H,11-12H2,(H,21,23)(H,22,24)/t17-/m1/s1. The van der Waals surface area contributed by atoms with Gasteiger partial charge in [-0.25, -0.2) is 8.42 Å². The molecule has 0 aliphatic carbocycles. The molecule has 0 radical (unpaired) electrons. The molecule has 0 unspecified atom stereocenters. The minimum absolute atomic E-state index is 0.0523. The number of nitrogens with one attached hydrogen (secondary N) is 2. The van der Waals surface area contributed by atoms with E-state index in [1.807, 2.05) is 0 Å². The highest BCUT2D eigenvalue weighted by molar-refractivity contribution is 7.91. The third-order valence-corrected chi connectivity index (χ3v) is 7.52. The summed E-state index contributed by atoms with van der Waals surface area (Å²) in [7, 11) is -3.82. The normalized spacial score (nSPS) is 12.3. The van der Waals surface area contributed by atoms with Gasteiger partial charge in [0.25, 0.3) is 0 Å². The number of benzene rings is 1. The largest absolute Gasteiger partial charge is 0.467 e. The summed E-state index contributed by atoms with van der Waals surface area (Å²) in [6.07, 6.45) is 1.45. The number of amides is 2. The van der Waals surface area contributed by atoms with Crippen molar-refractivity contribution in [3.63, 3.8) is 0 Å². The Morgan fingerprint density at radius 3 is 2.38 bits per heavy atom. The summed E-state index contributed by atoms with van der Waals surface area (Å²) in [5, 5.41) is 5.95. The highest BCUT2D eigenvalue weighted by Crippen LogP contribution is 2.31. The van der Waals surface area contributed by atoms with Crippen molar-refractivity contribution in [2.24, 2.45) is 0 Å². The Morgan fingerprint density at radius 2 is 1.76 bits per heavy atom. The molecular formula is C19H17ClN2O5S2. The van der Waals surface area contributed by atoms with Crippen LogP contribution in [0.1, 0.15) is 15.9 Å². The Bertz CT molecular complexity index is 1060. The average Bonchev–Trinajstić information content (AvgIpc) is 3.40. The highest BCUT2D eigenvalue weighted by Gasteiger charge is 2.31. The van der Waals surface area contributed by atoms with E-state index < -0.39 is 26.9 Å². The van der Waals surface area contributed by atoms with Crippen LogP contribution in [-0.2, 0) is 26.0 Å². The van der Waals surface area contributed by atoms with E-state index in [9.17, 15) is 18.0 Å². The van der Waals surface area contributed by atoms with Gasteiger partial charge in [0.15, 0.2) is 9.84 Å². The number of hydrogen-bond acceptors (Lipinski definition) is 6. The van der Waals surface area contributed by atoms with Gasteiger partial charge in [0.2, 0.25) is 0 Å². The number of thiophene rings is 1. The summed E-state index contributed by atoms with van der Waals surface area (Å²) in [5.74, 6) is -1.31. The molecule has 29 heavy (non-hydrogen) atoms. The maximum atomic E-state index is 13.1. The SMILES string of the molecule is O=C(NCc1ccco1)C(=O)NC[C@H](c1cccs1)S(=O)(=O)c1ccc(Cl)cc1. The fourth-order valence-corrected chi connectivity index (χ4v) is 5.46. The lowest BCUT2D eigenvalue weighted by Crippen LogP contribution is -2.41. The number of sulfone groups is 1. The zero-order chi connectivity index (χ0) is 20.9. The summed E-state index contributed by atoms with van der Waals surface area (Å²) in [4.78, 5) is 24.7. The molecule has 0 aliphatic rings. The molecule has 0 saturated heterocycles. The number of carbonyl (C=O) groups is 2. The number of carbonyl (C=O) groups excluding carboxylic acids is 2. The van der Waals surface area contributed by atoms with Crippen molar-refractivity contribution in [3.8, 4) is 0 Å². The lowest BCUT2D eigenvalue weighted by Gasteiger charge is -2.17. The van der Waals surface area contributed by atoms with Crippen LogP contribution in [0.2, 0.25) is 5.02 Å². The molecule has 1 aromatic carbocycles. The van der Waals surface area contributed by atoms with Gasteiger partial charge in [-0.15, -0.1) is 11.3 Å². The second-order valence-electron chi connectivity index (χ2n) is 5.98. The molecule has 152 valence electrons. The predicted molar refractivity (Wildman–Crippen MR) is 109 cm³/mol. The molecule has 0 aliphatic heterocycles. The molecule has 2 heterocycles. The quantitative estimate of drug-likeness (QED) is 0.536. The zero-order valence-electron chi connectivity index (χ0n) is 15.0. The Labute approximate surface area is 176 Å². The molecule has 0 saturated carbocycles. The van der Waals surface area contributed by atoms with E-state index in [2.05, 4.69) is 10.6 Å². The lowest BCUT2D eigenvalue weighted by atomic mass is 10.3. The van der Waals surface area contributed by atoms with Crippen LogP contribution >= 0.6 is 22.9 Å². The number of rotatable bonds is 7. The number of halogens is 1. The summed E-state index contributed by atoms with van der Waals surface area (Å²) in [5.41, 5.74) is 0. The molecule has 0 bridgehead atoms. The van der Waals surface area contributed by atoms with Gasteiger partial charge in [0, 0.05) is 16.4 Å². The summed E-state index contributed by atoms with van der Waals surface area (Å²) < 4.78 is 31.3. The second kappa shape index (κ2) is 9.25. The van der Waals surface area contributed by atoms with Crippen LogP contribution in [0.15, 0.2) is 69.5 Å². The molecule has 2 aromatic heterocycles. The lowest BCUT2D eigenvalue weighted by molar-refractivity contribution is -0.139.